The maximum absolute atomic E-state index is 15.2. The second kappa shape index (κ2) is 8.82. The number of anilines is 1. The summed E-state index contributed by atoms with van der Waals surface area (Å²) in [5.41, 5.74) is 3.25. The highest BCUT2D eigenvalue weighted by Gasteiger charge is 2.47. The summed E-state index contributed by atoms with van der Waals surface area (Å²) in [6.45, 7) is 10.6. The number of hydrogen-bond donors (Lipinski definition) is 0. The van der Waals surface area contributed by atoms with Gasteiger partial charge in [0.15, 0.2) is 5.82 Å². The van der Waals surface area contributed by atoms with Gasteiger partial charge in [-0.25, -0.2) is 9.37 Å². The lowest BCUT2D eigenvalue weighted by atomic mass is 9.94. The number of halogens is 1. The molecule has 35 heavy (non-hydrogen) atoms. The summed E-state index contributed by atoms with van der Waals surface area (Å²) < 4.78 is 26.9. The van der Waals surface area contributed by atoms with E-state index >= 15 is 4.39 Å². The van der Waals surface area contributed by atoms with Crippen molar-refractivity contribution in [3.8, 4) is 11.5 Å². The molecule has 0 bridgehead atoms. The zero-order chi connectivity index (χ0) is 24.2. The maximum Gasteiger partial charge on any atom is 0.261 e. The zero-order valence-corrected chi connectivity index (χ0v) is 20.9. The van der Waals surface area contributed by atoms with E-state index in [1.165, 1.54) is 12.8 Å². The first kappa shape index (κ1) is 22.9. The molecular formula is C27H34FN5O2. The number of rotatable bonds is 5. The van der Waals surface area contributed by atoms with Crippen LogP contribution in [0.3, 0.4) is 0 Å². The van der Waals surface area contributed by atoms with Crippen molar-refractivity contribution < 1.29 is 13.7 Å². The van der Waals surface area contributed by atoms with Gasteiger partial charge < -0.3 is 14.2 Å². The molecule has 0 unspecified atom stereocenters. The van der Waals surface area contributed by atoms with Gasteiger partial charge >= 0.3 is 0 Å². The Morgan fingerprint density at radius 3 is 2.77 bits per heavy atom. The SMILES string of the molecule is CCc1cc(F)c2nc(N3CC[C@@]4(CCCN4C[C@H]4CCCO4)C3)c(-c3nc(C)no3)c(C)c2c1. The number of nitrogens with zero attached hydrogens (tertiary/aromatic N) is 5. The van der Waals surface area contributed by atoms with Crippen LogP contribution in [0.1, 0.15) is 56.0 Å². The molecule has 7 nitrogen and oxygen atoms in total. The Balaban J connectivity index is 1.42. The predicted octanol–water partition coefficient (Wildman–Crippen LogP) is 4.83. The van der Waals surface area contributed by atoms with Gasteiger partial charge in [0.05, 0.1) is 11.7 Å². The molecule has 5 heterocycles. The minimum Gasteiger partial charge on any atom is -0.377 e. The third-order valence-corrected chi connectivity index (χ3v) is 8.31. The topological polar surface area (TPSA) is 67.5 Å². The minimum absolute atomic E-state index is 0.114. The normalized spacial score (nSPS) is 25.0. The van der Waals surface area contributed by atoms with Crippen molar-refractivity contribution in [2.75, 3.05) is 37.7 Å². The average Bonchev–Trinajstić information content (AvgIpc) is 3.65. The van der Waals surface area contributed by atoms with Crippen LogP contribution in [0.15, 0.2) is 16.7 Å². The number of aromatic nitrogens is 3. The third-order valence-electron chi connectivity index (χ3n) is 8.31. The van der Waals surface area contributed by atoms with Gasteiger partial charge in [0.2, 0.25) is 0 Å². The van der Waals surface area contributed by atoms with Gasteiger partial charge in [0.25, 0.3) is 5.89 Å². The van der Waals surface area contributed by atoms with E-state index in [-0.39, 0.29) is 11.4 Å². The number of hydrogen-bond acceptors (Lipinski definition) is 7. The van der Waals surface area contributed by atoms with Gasteiger partial charge in [-0.1, -0.05) is 12.1 Å². The molecule has 1 spiro atoms. The molecule has 0 N–H and O–H groups in total. The molecule has 3 saturated heterocycles. The average molecular weight is 480 g/mol. The lowest BCUT2D eigenvalue weighted by molar-refractivity contribution is 0.0468. The lowest BCUT2D eigenvalue weighted by Crippen LogP contribution is -2.49. The summed E-state index contributed by atoms with van der Waals surface area (Å²) in [4.78, 5) is 14.5. The van der Waals surface area contributed by atoms with E-state index in [1.807, 2.05) is 26.8 Å². The molecule has 6 rings (SSSR count). The van der Waals surface area contributed by atoms with Crippen LogP contribution in [-0.4, -0.2) is 64.5 Å². The molecule has 186 valence electrons. The molecule has 3 aromatic rings. The minimum atomic E-state index is -0.272. The Hall–Kier alpha value is -2.58. The van der Waals surface area contributed by atoms with Crippen molar-refractivity contribution >= 4 is 16.7 Å². The van der Waals surface area contributed by atoms with Crippen molar-refractivity contribution in [2.24, 2.45) is 0 Å². The van der Waals surface area contributed by atoms with Gasteiger partial charge in [-0.15, -0.1) is 0 Å². The van der Waals surface area contributed by atoms with Crippen molar-refractivity contribution in [2.45, 2.75) is 70.9 Å². The molecule has 3 aliphatic heterocycles. The van der Waals surface area contributed by atoms with Crippen molar-refractivity contribution in [1.82, 2.24) is 20.0 Å². The number of aryl methyl sites for hydroxylation is 3. The molecule has 3 aliphatic rings. The smallest absolute Gasteiger partial charge is 0.261 e. The van der Waals surface area contributed by atoms with Gasteiger partial charge in [-0.05, 0) is 82.2 Å². The molecule has 8 heteroatoms. The summed E-state index contributed by atoms with van der Waals surface area (Å²) in [5.74, 6) is 1.51. The Morgan fingerprint density at radius 1 is 1.14 bits per heavy atom. The summed E-state index contributed by atoms with van der Waals surface area (Å²) in [5, 5.41) is 4.86. The number of likely N-dealkylation sites (tertiary alicyclic amines) is 1. The van der Waals surface area contributed by atoms with Gasteiger partial charge in [0.1, 0.15) is 17.2 Å². The largest absolute Gasteiger partial charge is 0.377 e. The van der Waals surface area contributed by atoms with Crippen LogP contribution < -0.4 is 4.90 Å². The molecular weight excluding hydrogens is 445 g/mol. The number of fused-ring (bicyclic) bond motifs is 1. The molecule has 0 saturated carbocycles. The van der Waals surface area contributed by atoms with Crippen LogP contribution in [-0.2, 0) is 11.2 Å². The molecule has 0 amide bonds. The fourth-order valence-electron chi connectivity index (χ4n) is 6.42. The van der Waals surface area contributed by atoms with Crippen LogP contribution >= 0.6 is 0 Å². The van der Waals surface area contributed by atoms with Gasteiger partial charge in [-0.3, -0.25) is 4.90 Å². The summed E-state index contributed by atoms with van der Waals surface area (Å²) >= 11 is 0. The lowest BCUT2D eigenvalue weighted by Gasteiger charge is -2.36. The number of ether oxygens (including phenoxy) is 1. The molecule has 2 atom stereocenters. The van der Waals surface area contributed by atoms with E-state index in [0.717, 1.165) is 86.4 Å². The third kappa shape index (κ3) is 3.91. The molecule has 1 aromatic carbocycles. The summed E-state index contributed by atoms with van der Waals surface area (Å²) in [7, 11) is 0. The molecule has 0 aliphatic carbocycles. The first-order valence-corrected chi connectivity index (χ1v) is 13.0. The monoisotopic (exact) mass is 479 g/mol. The summed E-state index contributed by atoms with van der Waals surface area (Å²) in [6.07, 6.45) is 6.87. The quantitative estimate of drug-likeness (QED) is 0.519. The molecule has 3 fully saturated rings. The van der Waals surface area contributed by atoms with E-state index < -0.39 is 0 Å². The van der Waals surface area contributed by atoms with Gasteiger partial charge in [-0.2, -0.15) is 4.98 Å². The second-order valence-corrected chi connectivity index (χ2v) is 10.5. The Kier molecular flexibility index (Phi) is 5.76. The molecule has 2 aromatic heterocycles. The van der Waals surface area contributed by atoms with E-state index in [0.29, 0.717) is 23.3 Å². The Morgan fingerprint density at radius 2 is 2.03 bits per heavy atom. The fourth-order valence-corrected chi connectivity index (χ4v) is 6.42. The highest BCUT2D eigenvalue weighted by atomic mass is 19.1. The van der Waals surface area contributed by atoms with Crippen LogP contribution in [0.2, 0.25) is 0 Å². The maximum atomic E-state index is 15.2. The zero-order valence-electron chi connectivity index (χ0n) is 20.9. The first-order chi connectivity index (χ1) is 17.0. The second-order valence-electron chi connectivity index (χ2n) is 10.5. The van der Waals surface area contributed by atoms with Crippen molar-refractivity contribution in [1.29, 1.82) is 0 Å². The van der Waals surface area contributed by atoms with E-state index in [2.05, 4.69) is 19.9 Å². The number of pyridine rings is 1. The van der Waals surface area contributed by atoms with Crippen LogP contribution in [0.4, 0.5) is 10.2 Å². The van der Waals surface area contributed by atoms with E-state index in [4.69, 9.17) is 14.2 Å². The molecule has 0 radical (unpaired) electrons. The van der Waals surface area contributed by atoms with Crippen LogP contribution in [0.5, 0.6) is 0 Å². The predicted molar refractivity (Wildman–Crippen MR) is 133 cm³/mol. The summed E-state index contributed by atoms with van der Waals surface area (Å²) in [6, 6.07) is 3.66. The highest BCUT2D eigenvalue weighted by molar-refractivity contribution is 5.93. The van der Waals surface area contributed by atoms with Gasteiger partial charge in [0, 0.05) is 37.2 Å². The van der Waals surface area contributed by atoms with E-state index in [9.17, 15) is 0 Å². The first-order valence-electron chi connectivity index (χ1n) is 13.0. The Bertz CT molecular complexity index is 1250. The number of benzene rings is 1. The van der Waals surface area contributed by atoms with E-state index in [1.54, 1.807) is 6.07 Å². The van der Waals surface area contributed by atoms with Crippen molar-refractivity contribution in [3.63, 3.8) is 0 Å². The van der Waals surface area contributed by atoms with Crippen molar-refractivity contribution in [3.05, 3.63) is 34.9 Å². The Labute approximate surface area is 205 Å². The fraction of sp³-hybridized carbons (Fsp3) is 0.593. The van der Waals surface area contributed by atoms with Crippen LogP contribution in [0, 0.1) is 19.7 Å². The highest BCUT2D eigenvalue weighted by Crippen LogP contribution is 2.43. The van der Waals surface area contributed by atoms with Crippen LogP contribution in [0.25, 0.3) is 22.4 Å². The standard InChI is InChI=1S/C27H34FN5O2/c1-4-19-13-21-17(2)23(26-29-18(3)31-35-26)25(30-24(21)22(28)14-19)32-11-9-27(16-32)8-6-10-33(27)15-20-7-5-12-34-20/h13-14,20H,4-12,15-16H2,1-3H3/t20-,27+/m1/s1.